The number of rotatable bonds is 13. The van der Waals surface area contributed by atoms with E-state index < -0.39 is 42.7 Å². The van der Waals surface area contributed by atoms with Gasteiger partial charge in [0.25, 0.3) is 0 Å². The van der Waals surface area contributed by atoms with Gasteiger partial charge in [0.1, 0.15) is 36.5 Å². The minimum Gasteiger partial charge on any atom is -0.464 e. The molecule has 0 aromatic heterocycles. The summed E-state index contributed by atoms with van der Waals surface area (Å²) in [6.45, 7) is -0.682. The van der Waals surface area contributed by atoms with Crippen molar-refractivity contribution in [2.24, 2.45) is 0 Å². The SMILES string of the molecule is O=C(CC(NC(=O)Oc1ccccc1)C(=O)OCCNC(=O)Oc1ccccc1)OCCNC(=O)Oc1ccccc1. The van der Waals surface area contributed by atoms with Gasteiger partial charge in [0, 0.05) is 0 Å². The van der Waals surface area contributed by atoms with E-state index in [0.29, 0.717) is 11.5 Å². The lowest BCUT2D eigenvalue weighted by Crippen LogP contribution is -2.45. The van der Waals surface area contributed by atoms with Gasteiger partial charge >= 0.3 is 30.2 Å². The summed E-state index contributed by atoms with van der Waals surface area (Å²) < 4.78 is 25.4. The molecule has 0 aliphatic carbocycles. The third-order valence-corrected chi connectivity index (χ3v) is 5.06. The lowest BCUT2D eigenvalue weighted by atomic mass is 10.2. The molecular weight excluding hydrogens is 550 g/mol. The van der Waals surface area contributed by atoms with Gasteiger partial charge in [0.05, 0.1) is 19.5 Å². The van der Waals surface area contributed by atoms with Crippen LogP contribution in [0.25, 0.3) is 0 Å². The molecule has 0 radical (unpaired) electrons. The molecule has 0 aliphatic rings. The molecule has 0 fully saturated rings. The highest BCUT2D eigenvalue weighted by Gasteiger charge is 2.27. The van der Waals surface area contributed by atoms with Crippen LogP contribution in [-0.2, 0) is 19.1 Å². The smallest absolute Gasteiger partial charge is 0.413 e. The van der Waals surface area contributed by atoms with Crippen LogP contribution in [0.15, 0.2) is 91.0 Å². The van der Waals surface area contributed by atoms with Crippen LogP contribution in [0.3, 0.4) is 0 Å². The average molecular weight is 580 g/mol. The zero-order valence-electron chi connectivity index (χ0n) is 22.4. The molecule has 0 aliphatic heterocycles. The summed E-state index contributed by atoms with van der Waals surface area (Å²) >= 11 is 0. The number of carbonyl (C=O) groups excluding carboxylic acids is 5. The summed E-state index contributed by atoms with van der Waals surface area (Å²) in [5.41, 5.74) is 0. The highest BCUT2D eigenvalue weighted by molar-refractivity contribution is 5.86. The maximum Gasteiger partial charge on any atom is 0.413 e. The zero-order valence-corrected chi connectivity index (χ0v) is 22.4. The molecule has 13 heteroatoms. The molecule has 42 heavy (non-hydrogen) atoms. The fourth-order valence-electron chi connectivity index (χ4n) is 3.17. The fourth-order valence-corrected chi connectivity index (χ4v) is 3.17. The Labute approximate surface area is 241 Å². The number of benzene rings is 3. The lowest BCUT2D eigenvalue weighted by molar-refractivity contribution is -0.152. The van der Waals surface area contributed by atoms with Crippen LogP contribution in [0.5, 0.6) is 17.2 Å². The second-order valence-corrected chi connectivity index (χ2v) is 8.25. The second-order valence-electron chi connectivity index (χ2n) is 8.25. The van der Waals surface area contributed by atoms with Gasteiger partial charge in [-0.2, -0.15) is 0 Å². The third-order valence-electron chi connectivity index (χ3n) is 5.06. The maximum absolute atomic E-state index is 12.7. The molecule has 1 unspecified atom stereocenters. The lowest BCUT2D eigenvalue weighted by Gasteiger charge is -2.17. The summed E-state index contributed by atoms with van der Waals surface area (Å²) in [4.78, 5) is 61.1. The van der Waals surface area contributed by atoms with Gasteiger partial charge in [-0.1, -0.05) is 54.6 Å². The van der Waals surface area contributed by atoms with Crippen LogP contribution in [0.2, 0.25) is 0 Å². The Morgan fingerprint density at radius 1 is 0.548 bits per heavy atom. The van der Waals surface area contributed by atoms with E-state index >= 15 is 0 Å². The van der Waals surface area contributed by atoms with Gasteiger partial charge in [-0.05, 0) is 36.4 Å². The second kappa shape index (κ2) is 17.2. The van der Waals surface area contributed by atoms with Crippen LogP contribution in [0.4, 0.5) is 14.4 Å². The topological polar surface area (TPSA) is 168 Å². The molecule has 220 valence electrons. The van der Waals surface area contributed by atoms with Gasteiger partial charge in [-0.3, -0.25) is 4.79 Å². The van der Waals surface area contributed by atoms with Crippen LogP contribution in [-0.4, -0.2) is 62.6 Å². The average Bonchev–Trinajstić information content (AvgIpc) is 2.98. The normalized spacial score (nSPS) is 10.8. The Balaban J connectivity index is 1.44. The van der Waals surface area contributed by atoms with E-state index in [1.54, 1.807) is 78.9 Å². The first-order valence-corrected chi connectivity index (χ1v) is 12.8. The van der Waals surface area contributed by atoms with Gasteiger partial charge in [0.2, 0.25) is 0 Å². The van der Waals surface area contributed by atoms with E-state index in [9.17, 15) is 24.0 Å². The Hall–Kier alpha value is -5.59. The number of nitrogens with one attached hydrogen (secondary N) is 3. The maximum atomic E-state index is 12.7. The van der Waals surface area contributed by atoms with Crippen molar-refractivity contribution in [3.63, 3.8) is 0 Å². The summed E-state index contributed by atoms with van der Waals surface area (Å²) in [5.74, 6) is -0.959. The molecule has 0 saturated heterocycles. The van der Waals surface area contributed by atoms with Crippen LogP contribution in [0, 0.1) is 0 Å². The van der Waals surface area contributed by atoms with Gasteiger partial charge < -0.3 is 39.6 Å². The Morgan fingerprint density at radius 3 is 1.40 bits per heavy atom. The van der Waals surface area contributed by atoms with E-state index in [2.05, 4.69) is 16.0 Å². The summed E-state index contributed by atoms with van der Waals surface area (Å²) in [6.07, 6.45) is -3.11. The van der Waals surface area contributed by atoms with Crippen molar-refractivity contribution in [1.82, 2.24) is 16.0 Å². The monoisotopic (exact) mass is 579 g/mol. The molecule has 0 saturated carbocycles. The summed E-state index contributed by atoms with van der Waals surface area (Å²) in [6, 6.07) is 23.3. The molecule has 3 aromatic carbocycles. The first-order valence-electron chi connectivity index (χ1n) is 12.8. The van der Waals surface area contributed by atoms with Crippen molar-refractivity contribution in [2.45, 2.75) is 12.5 Å². The number of amides is 3. The molecule has 3 aromatic rings. The molecule has 0 bridgehead atoms. The van der Waals surface area contributed by atoms with Crippen LogP contribution >= 0.6 is 0 Å². The molecule has 0 heterocycles. The number of ether oxygens (including phenoxy) is 5. The molecule has 1 atom stereocenters. The van der Waals surface area contributed by atoms with Crippen LogP contribution in [0.1, 0.15) is 6.42 Å². The first kappa shape index (κ1) is 30.9. The molecule has 13 nitrogen and oxygen atoms in total. The third kappa shape index (κ3) is 12.1. The molecule has 3 N–H and O–H groups in total. The Morgan fingerprint density at radius 2 is 0.952 bits per heavy atom. The highest BCUT2D eigenvalue weighted by atomic mass is 16.6. The minimum atomic E-state index is -1.47. The number of hydrogen-bond donors (Lipinski definition) is 3. The highest BCUT2D eigenvalue weighted by Crippen LogP contribution is 2.10. The van der Waals surface area contributed by atoms with Gasteiger partial charge in [-0.25, -0.2) is 19.2 Å². The first-order chi connectivity index (χ1) is 20.4. The van der Waals surface area contributed by atoms with Crippen LogP contribution < -0.4 is 30.2 Å². The van der Waals surface area contributed by atoms with Crippen molar-refractivity contribution < 1.29 is 47.7 Å². The summed E-state index contributed by atoms with van der Waals surface area (Å²) in [7, 11) is 0. The Bertz CT molecular complexity index is 1310. The molecule has 3 amide bonds. The van der Waals surface area contributed by atoms with Crippen molar-refractivity contribution in [1.29, 1.82) is 0 Å². The van der Waals surface area contributed by atoms with E-state index in [1.165, 1.54) is 12.1 Å². The number of para-hydroxylation sites is 3. The standard InChI is InChI=1S/C29H29N3O10/c33-25(38-18-16-30-27(35)40-21-10-4-1-5-11-21)20-24(32-29(37)42-23-14-8-3-9-15-23)26(34)39-19-17-31-28(36)41-22-12-6-2-7-13-22/h1-15,24H,16-20H2,(H,30,35)(H,31,36)(H,32,37). The van der Waals surface area contributed by atoms with Crippen molar-refractivity contribution >= 4 is 30.2 Å². The molecule has 0 spiro atoms. The summed E-state index contributed by atoms with van der Waals surface area (Å²) in [5, 5.41) is 7.10. The van der Waals surface area contributed by atoms with E-state index in [1.807, 2.05) is 0 Å². The molecular formula is C29H29N3O10. The van der Waals surface area contributed by atoms with E-state index in [0.717, 1.165) is 0 Å². The predicted octanol–water partition coefficient (Wildman–Crippen LogP) is 3.20. The number of esters is 2. The number of carbonyl (C=O) groups is 5. The van der Waals surface area contributed by atoms with Gasteiger partial charge in [-0.15, -0.1) is 0 Å². The predicted molar refractivity (Wildman–Crippen MR) is 147 cm³/mol. The van der Waals surface area contributed by atoms with Gasteiger partial charge in [0.15, 0.2) is 0 Å². The zero-order chi connectivity index (χ0) is 30.0. The quantitative estimate of drug-likeness (QED) is 0.202. The van der Waals surface area contributed by atoms with Crippen molar-refractivity contribution in [3.8, 4) is 17.2 Å². The fraction of sp³-hybridized carbons (Fsp3) is 0.207. The number of hydrogen-bond acceptors (Lipinski definition) is 10. The molecule has 3 rings (SSSR count). The van der Waals surface area contributed by atoms with Crippen molar-refractivity contribution in [3.05, 3.63) is 91.0 Å². The largest absolute Gasteiger partial charge is 0.464 e. The van der Waals surface area contributed by atoms with E-state index in [-0.39, 0.29) is 32.1 Å². The minimum absolute atomic E-state index is 0.0687. The van der Waals surface area contributed by atoms with Crippen molar-refractivity contribution in [2.75, 3.05) is 26.3 Å². The van der Waals surface area contributed by atoms with E-state index in [4.69, 9.17) is 23.7 Å². The Kier molecular flexibility index (Phi) is 12.7.